The minimum atomic E-state index is -0.297. The molecule has 2 heterocycles. The van der Waals surface area contributed by atoms with Crippen molar-refractivity contribution in [2.45, 2.75) is 12.8 Å². The number of aromatic nitrogens is 2. The lowest BCUT2D eigenvalue weighted by Crippen LogP contribution is -2.03. The highest BCUT2D eigenvalue weighted by Gasteiger charge is 2.06. The number of fused-ring (bicyclic) bond motifs is 1. The Morgan fingerprint density at radius 2 is 2.27 bits per heavy atom. The van der Waals surface area contributed by atoms with Crippen LogP contribution < -0.4 is 5.73 Å². The summed E-state index contributed by atoms with van der Waals surface area (Å²) in [6, 6.07) is 3.50. The van der Waals surface area contributed by atoms with Crippen LogP contribution in [-0.4, -0.2) is 16.1 Å². The van der Waals surface area contributed by atoms with Gasteiger partial charge in [-0.2, -0.15) is 0 Å². The van der Waals surface area contributed by atoms with Gasteiger partial charge in [0.25, 0.3) is 0 Å². The first kappa shape index (κ1) is 10.1. The number of hydrogen-bond donors (Lipinski definition) is 1. The fourth-order valence-electron chi connectivity index (χ4n) is 1.75. The molecule has 0 spiro atoms. The lowest BCUT2D eigenvalue weighted by atomic mass is 10.2. The lowest BCUT2D eigenvalue weighted by molar-refractivity contribution is 0.623. The molecule has 0 saturated heterocycles. The molecule has 3 nitrogen and oxygen atoms in total. The van der Waals surface area contributed by atoms with Gasteiger partial charge in [-0.15, -0.1) is 0 Å². The molecular weight excluding hydrogens is 193 g/mol. The molecule has 0 unspecified atom stereocenters. The average molecular weight is 207 g/mol. The van der Waals surface area contributed by atoms with Crippen LogP contribution in [0.25, 0.3) is 11.0 Å². The third kappa shape index (κ3) is 1.85. The number of halogens is 1. The summed E-state index contributed by atoms with van der Waals surface area (Å²) in [7, 11) is 1.93. The molecule has 2 aromatic heterocycles. The maximum absolute atomic E-state index is 13.0. The maximum atomic E-state index is 13.0. The van der Waals surface area contributed by atoms with Gasteiger partial charge < -0.3 is 10.3 Å². The minimum absolute atomic E-state index is 0.297. The number of nitrogens with two attached hydrogens (primary N) is 1. The van der Waals surface area contributed by atoms with Crippen molar-refractivity contribution >= 4 is 11.0 Å². The van der Waals surface area contributed by atoms with Gasteiger partial charge >= 0.3 is 0 Å². The molecule has 2 aromatic rings. The van der Waals surface area contributed by atoms with Gasteiger partial charge in [-0.05, 0) is 25.5 Å². The Morgan fingerprint density at radius 1 is 1.47 bits per heavy atom. The Hall–Kier alpha value is -1.42. The normalized spacial score (nSPS) is 11.1. The molecule has 0 bridgehead atoms. The first-order valence-electron chi connectivity index (χ1n) is 5.02. The lowest BCUT2D eigenvalue weighted by Gasteiger charge is -2.02. The van der Waals surface area contributed by atoms with Crippen LogP contribution in [-0.2, 0) is 13.5 Å². The van der Waals surface area contributed by atoms with Crippen molar-refractivity contribution in [3.8, 4) is 0 Å². The van der Waals surface area contributed by atoms with Gasteiger partial charge in [-0.3, -0.25) is 4.98 Å². The molecule has 0 aliphatic rings. The number of nitrogens with zero attached hydrogens (tertiary/aromatic N) is 2. The summed E-state index contributed by atoms with van der Waals surface area (Å²) in [5, 5.41) is 0. The van der Waals surface area contributed by atoms with Gasteiger partial charge in [0.15, 0.2) is 0 Å². The molecule has 4 heteroatoms. The molecule has 80 valence electrons. The molecule has 0 aromatic carbocycles. The first-order valence-corrected chi connectivity index (χ1v) is 5.02. The van der Waals surface area contributed by atoms with E-state index >= 15 is 0 Å². The summed E-state index contributed by atoms with van der Waals surface area (Å²) < 4.78 is 15.0. The molecule has 2 rings (SSSR count). The third-order valence-electron chi connectivity index (χ3n) is 2.60. The second-order valence-electron chi connectivity index (χ2n) is 3.64. The van der Waals surface area contributed by atoms with E-state index in [0.717, 1.165) is 29.6 Å². The molecule has 15 heavy (non-hydrogen) atoms. The van der Waals surface area contributed by atoms with Gasteiger partial charge in [-0.1, -0.05) is 0 Å². The summed E-state index contributed by atoms with van der Waals surface area (Å²) in [5.74, 6) is -0.297. The zero-order chi connectivity index (χ0) is 10.8. The first-order chi connectivity index (χ1) is 7.22. The number of aryl methyl sites for hydroxylation is 2. The van der Waals surface area contributed by atoms with Crippen LogP contribution in [0.5, 0.6) is 0 Å². The van der Waals surface area contributed by atoms with Crippen LogP contribution in [0, 0.1) is 5.82 Å². The van der Waals surface area contributed by atoms with E-state index in [0.29, 0.717) is 6.54 Å². The number of rotatable bonds is 3. The van der Waals surface area contributed by atoms with Crippen LogP contribution in [0.4, 0.5) is 4.39 Å². The molecule has 0 saturated carbocycles. The highest BCUT2D eigenvalue weighted by atomic mass is 19.1. The Bertz CT molecular complexity index is 476. The average Bonchev–Trinajstić information content (AvgIpc) is 2.53. The summed E-state index contributed by atoms with van der Waals surface area (Å²) in [4.78, 5) is 4.04. The molecule has 0 fully saturated rings. The fourth-order valence-corrected chi connectivity index (χ4v) is 1.75. The van der Waals surface area contributed by atoms with E-state index < -0.39 is 0 Å². The molecule has 0 atom stereocenters. The smallest absolute Gasteiger partial charge is 0.143 e. The predicted molar refractivity (Wildman–Crippen MR) is 58.0 cm³/mol. The molecule has 2 N–H and O–H groups in total. The van der Waals surface area contributed by atoms with E-state index in [2.05, 4.69) is 4.98 Å². The standard InChI is InChI=1S/C11H14FN3/c1-15-9(3-2-4-13)6-10-11(15)5-8(12)7-14-10/h5-7H,2-4,13H2,1H3. The Labute approximate surface area is 87.7 Å². The van der Waals surface area contributed by atoms with Crippen LogP contribution in [0.3, 0.4) is 0 Å². The SMILES string of the molecule is Cn1c(CCCN)cc2ncc(F)cc21. The molecule has 0 radical (unpaired) electrons. The third-order valence-corrected chi connectivity index (χ3v) is 2.60. The molecule has 0 aliphatic heterocycles. The van der Waals surface area contributed by atoms with Gasteiger partial charge in [-0.25, -0.2) is 4.39 Å². The second kappa shape index (κ2) is 3.98. The Morgan fingerprint density at radius 3 is 3.00 bits per heavy atom. The van der Waals surface area contributed by atoms with Crippen LogP contribution in [0.2, 0.25) is 0 Å². The van der Waals surface area contributed by atoms with Gasteiger partial charge in [0.2, 0.25) is 0 Å². The highest BCUT2D eigenvalue weighted by Crippen LogP contribution is 2.18. The number of hydrogen-bond acceptors (Lipinski definition) is 2. The van der Waals surface area contributed by atoms with Crippen molar-refractivity contribution in [1.29, 1.82) is 0 Å². The maximum Gasteiger partial charge on any atom is 0.143 e. The van der Waals surface area contributed by atoms with E-state index in [4.69, 9.17) is 5.73 Å². The van der Waals surface area contributed by atoms with Gasteiger partial charge in [0, 0.05) is 18.8 Å². The molecule has 0 amide bonds. The summed E-state index contributed by atoms with van der Waals surface area (Å²) in [6.45, 7) is 0.670. The van der Waals surface area contributed by atoms with E-state index in [1.54, 1.807) is 0 Å². The number of pyridine rings is 1. The summed E-state index contributed by atoms with van der Waals surface area (Å²) in [5.41, 5.74) is 8.28. The Balaban J connectivity index is 2.45. The van der Waals surface area contributed by atoms with Crippen LogP contribution in [0.1, 0.15) is 12.1 Å². The van der Waals surface area contributed by atoms with Crippen molar-refractivity contribution in [2.75, 3.05) is 6.54 Å². The minimum Gasteiger partial charge on any atom is -0.346 e. The Kier molecular flexibility index (Phi) is 2.68. The van der Waals surface area contributed by atoms with Crippen molar-refractivity contribution in [1.82, 2.24) is 9.55 Å². The largest absolute Gasteiger partial charge is 0.346 e. The fraction of sp³-hybridized carbons (Fsp3) is 0.364. The van der Waals surface area contributed by atoms with Crippen LogP contribution in [0.15, 0.2) is 18.3 Å². The monoisotopic (exact) mass is 207 g/mol. The van der Waals surface area contributed by atoms with Crippen molar-refractivity contribution in [2.24, 2.45) is 12.8 Å². The van der Waals surface area contributed by atoms with Crippen molar-refractivity contribution < 1.29 is 4.39 Å². The van der Waals surface area contributed by atoms with Gasteiger partial charge in [0.1, 0.15) is 5.82 Å². The van der Waals surface area contributed by atoms with E-state index in [1.807, 2.05) is 17.7 Å². The van der Waals surface area contributed by atoms with Crippen LogP contribution >= 0.6 is 0 Å². The molecular formula is C11H14FN3. The summed E-state index contributed by atoms with van der Waals surface area (Å²) in [6.07, 6.45) is 3.09. The quantitative estimate of drug-likeness (QED) is 0.830. The zero-order valence-corrected chi connectivity index (χ0v) is 8.70. The van der Waals surface area contributed by atoms with Gasteiger partial charge in [0.05, 0.1) is 17.2 Å². The molecule has 0 aliphatic carbocycles. The van der Waals surface area contributed by atoms with E-state index in [-0.39, 0.29) is 5.82 Å². The predicted octanol–water partition coefficient (Wildman–Crippen LogP) is 1.60. The van der Waals surface area contributed by atoms with E-state index in [9.17, 15) is 4.39 Å². The van der Waals surface area contributed by atoms with E-state index in [1.165, 1.54) is 12.3 Å². The van der Waals surface area contributed by atoms with Crippen molar-refractivity contribution in [3.05, 3.63) is 29.8 Å². The highest BCUT2D eigenvalue weighted by molar-refractivity contribution is 5.76. The summed E-state index contributed by atoms with van der Waals surface area (Å²) >= 11 is 0. The topological polar surface area (TPSA) is 43.8 Å². The van der Waals surface area contributed by atoms with Crippen molar-refractivity contribution in [3.63, 3.8) is 0 Å². The zero-order valence-electron chi connectivity index (χ0n) is 8.70. The second-order valence-corrected chi connectivity index (χ2v) is 3.64.